The van der Waals surface area contributed by atoms with Crippen LogP contribution in [0.1, 0.15) is 38.3 Å². The van der Waals surface area contributed by atoms with Crippen molar-refractivity contribution in [3.63, 3.8) is 0 Å². The fourth-order valence-corrected chi connectivity index (χ4v) is 3.87. The van der Waals surface area contributed by atoms with Crippen LogP contribution in [0.3, 0.4) is 0 Å². The van der Waals surface area contributed by atoms with Crippen molar-refractivity contribution in [3.05, 3.63) is 18.0 Å². The quantitative estimate of drug-likeness (QED) is 0.926. The van der Waals surface area contributed by atoms with Crippen LogP contribution in [-0.2, 0) is 17.0 Å². The van der Waals surface area contributed by atoms with Crippen molar-refractivity contribution in [1.82, 2.24) is 9.97 Å². The minimum Gasteiger partial charge on any atom is -0.351 e. The molecule has 8 heteroatoms. The largest absolute Gasteiger partial charge is 0.433 e. The first-order chi connectivity index (χ1) is 9.90. The second kappa shape index (κ2) is 6.72. The highest BCUT2D eigenvalue weighted by atomic mass is 32.2. The maximum atomic E-state index is 12.6. The number of nitrogens with one attached hydrogen (secondary N) is 1. The van der Waals surface area contributed by atoms with E-state index in [0.717, 1.165) is 31.5 Å². The summed E-state index contributed by atoms with van der Waals surface area (Å²) in [5.41, 5.74) is -0.954. The summed E-state index contributed by atoms with van der Waals surface area (Å²) in [4.78, 5) is 7.34. The molecule has 1 aromatic heterocycles. The average molecular weight is 321 g/mol. The van der Waals surface area contributed by atoms with Crippen LogP contribution < -0.4 is 5.32 Å². The van der Waals surface area contributed by atoms with Gasteiger partial charge in [-0.1, -0.05) is 13.3 Å². The summed E-state index contributed by atoms with van der Waals surface area (Å²) in [5, 5.41) is 3.05. The number of hydrogen-bond donors (Lipinski definition) is 1. The summed E-state index contributed by atoms with van der Waals surface area (Å²) in [7, 11) is -0.871. The Morgan fingerprint density at radius 2 is 2.19 bits per heavy atom. The summed E-state index contributed by atoms with van der Waals surface area (Å²) < 4.78 is 49.7. The molecule has 2 rings (SSSR count). The van der Waals surface area contributed by atoms with Crippen molar-refractivity contribution in [2.24, 2.45) is 0 Å². The Kier molecular flexibility index (Phi) is 5.18. The minimum absolute atomic E-state index is 0.0160. The van der Waals surface area contributed by atoms with Gasteiger partial charge in [-0.15, -0.1) is 0 Å². The molecule has 1 N–H and O–H groups in total. The van der Waals surface area contributed by atoms with Crippen molar-refractivity contribution in [2.45, 2.75) is 50.1 Å². The van der Waals surface area contributed by atoms with E-state index in [1.807, 2.05) is 6.92 Å². The average Bonchev–Trinajstić information content (AvgIpc) is 2.46. The molecule has 1 aliphatic rings. The van der Waals surface area contributed by atoms with E-state index < -0.39 is 22.7 Å². The highest BCUT2D eigenvalue weighted by molar-refractivity contribution is 7.85. The third-order valence-electron chi connectivity index (χ3n) is 3.56. The van der Waals surface area contributed by atoms with Gasteiger partial charge in [-0.05, 0) is 25.3 Å². The lowest BCUT2D eigenvalue weighted by Gasteiger charge is -2.29. The molecule has 118 valence electrons. The normalized spacial score (nSPS) is 24.6. The third-order valence-corrected chi connectivity index (χ3v) is 5.30. The first-order valence-electron chi connectivity index (χ1n) is 6.94. The monoisotopic (exact) mass is 321 g/mol. The molecule has 1 aliphatic carbocycles. The lowest BCUT2D eigenvalue weighted by Crippen LogP contribution is -2.33. The molecule has 0 amide bonds. The van der Waals surface area contributed by atoms with Crippen LogP contribution in [0.2, 0.25) is 0 Å². The zero-order valence-corrected chi connectivity index (χ0v) is 12.5. The van der Waals surface area contributed by atoms with Crippen molar-refractivity contribution < 1.29 is 17.4 Å². The van der Waals surface area contributed by atoms with Gasteiger partial charge in [0, 0.05) is 34.0 Å². The van der Waals surface area contributed by atoms with Gasteiger partial charge in [0.1, 0.15) is 5.69 Å². The molecule has 1 heterocycles. The smallest absolute Gasteiger partial charge is 0.351 e. The van der Waals surface area contributed by atoms with Crippen LogP contribution in [-0.4, -0.2) is 31.2 Å². The number of rotatable bonds is 4. The first kappa shape index (κ1) is 16.2. The van der Waals surface area contributed by atoms with Crippen LogP contribution in [0.15, 0.2) is 12.3 Å². The second-order valence-electron chi connectivity index (χ2n) is 5.06. The Morgan fingerprint density at radius 3 is 2.86 bits per heavy atom. The van der Waals surface area contributed by atoms with Gasteiger partial charge >= 0.3 is 6.18 Å². The fraction of sp³-hybridized carbons (Fsp3) is 0.692. The molecule has 0 saturated heterocycles. The van der Waals surface area contributed by atoms with Crippen LogP contribution >= 0.6 is 0 Å². The van der Waals surface area contributed by atoms with Crippen molar-refractivity contribution in [1.29, 1.82) is 0 Å². The van der Waals surface area contributed by atoms with E-state index in [4.69, 9.17) is 0 Å². The molecule has 0 aromatic carbocycles. The van der Waals surface area contributed by atoms with Gasteiger partial charge in [0.15, 0.2) is 0 Å². The number of anilines is 1. The Labute approximate surface area is 124 Å². The topological polar surface area (TPSA) is 54.9 Å². The van der Waals surface area contributed by atoms with Gasteiger partial charge in [0.05, 0.1) is 0 Å². The van der Waals surface area contributed by atoms with Crippen molar-refractivity contribution >= 4 is 16.7 Å². The van der Waals surface area contributed by atoms with E-state index in [1.165, 1.54) is 0 Å². The van der Waals surface area contributed by atoms with Gasteiger partial charge in [0.2, 0.25) is 5.95 Å². The molecule has 4 nitrogen and oxygen atoms in total. The molecule has 3 atom stereocenters. The molecule has 21 heavy (non-hydrogen) atoms. The van der Waals surface area contributed by atoms with Crippen LogP contribution in [0.5, 0.6) is 0 Å². The lowest BCUT2D eigenvalue weighted by atomic mass is 9.95. The van der Waals surface area contributed by atoms with Crippen LogP contribution in [0.25, 0.3) is 0 Å². The van der Waals surface area contributed by atoms with Crippen LogP contribution in [0, 0.1) is 0 Å². The molecule has 0 spiro atoms. The van der Waals surface area contributed by atoms with E-state index in [0.29, 0.717) is 12.2 Å². The molecular formula is C13H18F3N3OS. The van der Waals surface area contributed by atoms with Crippen molar-refractivity contribution in [2.75, 3.05) is 11.1 Å². The molecule has 0 aliphatic heterocycles. The number of aromatic nitrogens is 2. The summed E-state index contributed by atoms with van der Waals surface area (Å²) in [6.07, 6.45) is -0.0486. The highest BCUT2D eigenvalue weighted by Gasteiger charge is 2.33. The fourth-order valence-electron chi connectivity index (χ4n) is 2.52. The number of alkyl halides is 3. The van der Waals surface area contributed by atoms with E-state index in [1.54, 1.807) is 0 Å². The zero-order valence-electron chi connectivity index (χ0n) is 11.7. The molecule has 1 saturated carbocycles. The molecule has 0 radical (unpaired) electrons. The summed E-state index contributed by atoms with van der Waals surface area (Å²) in [5.74, 6) is 0.593. The first-order valence-corrected chi connectivity index (χ1v) is 8.32. The zero-order chi connectivity index (χ0) is 15.5. The lowest BCUT2D eigenvalue weighted by molar-refractivity contribution is -0.141. The Balaban J connectivity index is 2.03. The van der Waals surface area contributed by atoms with Crippen LogP contribution in [0.4, 0.5) is 19.1 Å². The third kappa shape index (κ3) is 4.39. The molecule has 0 bridgehead atoms. The van der Waals surface area contributed by atoms with E-state index >= 15 is 0 Å². The number of nitrogens with zero attached hydrogens (tertiary/aromatic N) is 2. The maximum absolute atomic E-state index is 12.6. The van der Waals surface area contributed by atoms with E-state index in [-0.39, 0.29) is 17.2 Å². The van der Waals surface area contributed by atoms with Crippen molar-refractivity contribution in [3.8, 4) is 0 Å². The molecule has 1 fully saturated rings. The van der Waals surface area contributed by atoms with Gasteiger partial charge < -0.3 is 5.32 Å². The predicted molar refractivity (Wildman–Crippen MR) is 75.4 cm³/mol. The molecule has 3 unspecified atom stereocenters. The maximum Gasteiger partial charge on any atom is 0.433 e. The van der Waals surface area contributed by atoms with E-state index in [9.17, 15) is 17.4 Å². The second-order valence-corrected chi connectivity index (χ2v) is 7.07. The molecule has 1 aromatic rings. The standard InChI is InChI=1S/C13H18F3N3OS/c1-2-21(20)10-5-3-4-9(8-10)18-12-17-7-6-11(19-12)13(14,15)16/h6-7,9-10H,2-5,8H2,1H3,(H,17,18,19). The Hall–Kier alpha value is -1.18. The Morgan fingerprint density at radius 1 is 1.43 bits per heavy atom. The minimum atomic E-state index is -4.47. The van der Waals surface area contributed by atoms with Gasteiger partial charge in [-0.3, -0.25) is 4.21 Å². The van der Waals surface area contributed by atoms with E-state index in [2.05, 4.69) is 15.3 Å². The highest BCUT2D eigenvalue weighted by Crippen LogP contribution is 2.29. The number of halogens is 3. The Bertz CT molecular complexity index is 510. The molecular weight excluding hydrogens is 303 g/mol. The van der Waals surface area contributed by atoms with Gasteiger partial charge in [-0.25, -0.2) is 9.97 Å². The SMILES string of the molecule is CCS(=O)C1CCCC(Nc2nccc(C(F)(F)F)n2)C1. The summed E-state index contributed by atoms with van der Waals surface area (Å²) in [6.45, 7) is 1.88. The van der Waals surface area contributed by atoms with Gasteiger partial charge in [-0.2, -0.15) is 13.2 Å². The summed E-state index contributed by atoms with van der Waals surface area (Å²) in [6, 6.07) is 0.823. The predicted octanol–water partition coefficient (Wildman–Crippen LogP) is 2.99. The summed E-state index contributed by atoms with van der Waals surface area (Å²) >= 11 is 0. The van der Waals surface area contributed by atoms with Gasteiger partial charge in [0.25, 0.3) is 0 Å². The number of hydrogen-bond acceptors (Lipinski definition) is 4.